The van der Waals surface area contributed by atoms with Gasteiger partial charge in [0, 0.05) is 6.04 Å². The maximum absolute atomic E-state index is 11.8. The highest BCUT2D eigenvalue weighted by molar-refractivity contribution is 5.85. The first-order valence-corrected chi connectivity index (χ1v) is 5.72. The lowest BCUT2D eigenvalue weighted by Gasteiger charge is -2.21. The van der Waals surface area contributed by atoms with Gasteiger partial charge in [0.15, 0.2) is 0 Å². The average Bonchev–Trinajstić information content (AvgIpc) is 2.59. The molecule has 0 saturated heterocycles. The second kappa shape index (κ2) is 5.30. The van der Waals surface area contributed by atoms with Crippen LogP contribution in [0.3, 0.4) is 0 Å². The van der Waals surface area contributed by atoms with Crippen LogP contribution in [0.25, 0.3) is 0 Å². The molecular formula is C11H20N2O3. The van der Waals surface area contributed by atoms with Gasteiger partial charge in [-0.05, 0) is 18.8 Å². The molecule has 16 heavy (non-hydrogen) atoms. The Bertz CT molecular complexity index is 278. The quantitative estimate of drug-likeness (QED) is 0.647. The van der Waals surface area contributed by atoms with Gasteiger partial charge in [-0.1, -0.05) is 20.3 Å². The van der Waals surface area contributed by atoms with E-state index in [9.17, 15) is 9.59 Å². The highest BCUT2D eigenvalue weighted by Gasteiger charge is 2.33. The van der Waals surface area contributed by atoms with Gasteiger partial charge >= 0.3 is 5.97 Å². The van der Waals surface area contributed by atoms with E-state index in [2.05, 4.69) is 5.32 Å². The van der Waals surface area contributed by atoms with E-state index in [1.54, 1.807) is 13.8 Å². The monoisotopic (exact) mass is 228 g/mol. The summed E-state index contributed by atoms with van der Waals surface area (Å²) in [4.78, 5) is 22.7. The third-order valence-electron chi connectivity index (χ3n) is 3.14. The molecule has 0 bridgehead atoms. The van der Waals surface area contributed by atoms with Crippen molar-refractivity contribution in [3.63, 3.8) is 0 Å². The van der Waals surface area contributed by atoms with Gasteiger partial charge in [-0.15, -0.1) is 0 Å². The Kier molecular flexibility index (Phi) is 4.29. The first kappa shape index (κ1) is 13.0. The normalized spacial score (nSPS) is 26.8. The molecule has 0 aromatic carbocycles. The van der Waals surface area contributed by atoms with Crippen LogP contribution >= 0.6 is 0 Å². The van der Waals surface area contributed by atoms with E-state index in [-0.39, 0.29) is 23.8 Å². The topological polar surface area (TPSA) is 92.4 Å². The van der Waals surface area contributed by atoms with Crippen LogP contribution in [0.5, 0.6) is 0 Å². The molecule has 1 aliphatic rings. The standard InChI is InChI=1S/C11H20N2O3/c1-6(2)9(11(15)16)13-10(14)7-4-3-5-8(7)12/h6-9H,3-5,12H2,1-2H3,(H,13,14)(H,15,16)/t7?,8?,9-/m0/s1. The van der Waals surface area contributed by atoms with Gasteiger partial charge in [0.05, 0.1) is 5.92 Å². The zero-order chi connectivity index (χ0) is 12.3. The van der Waals surface area contributed by atoms with Crippen molar-refractivity contribution in [2.45, 2.75) is 45.2 Å². The lowest BCUT2D eigenvalue weighted by atomic mass is 10.00. The zero-order valence-electron chi connectivity index (χ0n) is 9.77. The molecule has 92 valence electrons. The molecule has 0 aromatic rings. The lowest BCUT2D eigenvalue weighted by molar-refractivity contribution is -0.143. The Balaban J connectivity index is 2.58. The fourth-order valence-electron chi connectivity index (χ4n) is 2.09. The minimum Gasteiger partial charge on any atom is -0.480 e. The largest absolute Gasteiger partial charge is 0.480 e. The molecule has 1 rings (SSSR count). The zero-order valence-corrected chi connectivity index (χ0v) is 9.77. The number of hydrogen-bond acceptors (Lipinski definition) is 3. The third kappa shape index (κ3) is 2.95. The number of aliphatic carboxylic acids is 1. The highest BCUT2D eigenvalue weighted by atomic mass is 16.4. The van der Waals surface area contributed by atoms with E-state index in [1.807, 2.05) is 0 Å². The molecule has 0 radical (unpaired) electrons. The summed E-state index contributed by atoms with van der Waals surface area (Å²) in [6.45, 7) is 3.54. The van der Waals surface area contributed by atoms with Gasteiger partial charge in [-0.25, -0.2) is 4.79 Å². The smallest absolute Gasteiger partial charge is 0.326 e. The van der Waals surface area contributed by atoms with Crippen LogP contribution in [-0.2, 0) is 9.59 Å². The van der Waals surface area contributed by atoms with Crippen molar-refractivity contribution in [2.75, 3.05) is 0 Å². The second-order valence-electron chi connectivity index (χ2n) is 4.77. The second-order valence-corrected chi connectivity index (χ2v) is 4.77. The van der Waals surface area contributed by atoms with Crippen LogP contribution in [-0.4, -0.2) is 29.1 Å². The Morgan fingerprint density at radius 1 is 1.38 bits per heavy atom. The van der Waals surface area contributed by atoms with Crippen LogP contribution in [0, 0.1) is 11.8 Å². The van der Waals surface area contributed by atoms with E-state index in [4.69, 9.17) is 10.8 Å². The number of nitrogens with two attached hydrogens (primary N) is 1. The number of carbonyl (C=O) groups is 2. The minimum atomic E-state index is -0.991. The molecule has 4 N–H and O–H groups in total. The molecule has 1 aliphatic carbocycles. The van der Waals surface area contributed by atoms with Crippen LogP contribution in [0.1, 0.15) is 33.1 Å². The number of carboxylic acids is 1. The number of carbonyl (C=O) groups excluding carboxylic acids is 1. The van der Waals surface area contributed by atoms with Gasteiger partial charge in [-0.2, -0.15) is 0 Å². The molecule has 0 aromatic heterocycles. The minimum absolute atomic E-state index is 0.124. The van der Waals surface area contributed by atoms with E-state index >= 15 is 0 Å². The Morgan fingerprint density at radius 2 is 2.00 bits per heavy atom. The van der Waals surface area contributed by atoms with Crippen LogP contribution in [0.4, 0.5) is 0 Å². The SMILES string of the molecule is CC(C)[C@H](NC(=O)C1CCCC1N)C(=O)O. The van der Waals surface area contributed by atoms with E-state index < -0.39 is 12.0 Å². The maximum atomic E-state index is 11.8. The van der Waals surface area contributed by atoms with E-state index in [0.29, 0.717) is 0 Å². The Hall–Kier alpha value is -1.10. The molecule has 0 spiro atoms. The summed E-state index contributed by atoms with van der Waals surface area (Å²) in [5.74, 6) is -1.55. The van der Waals surface area contributed by atoms with Gasteiger partial charge in [-0.3, -0.25) is 4.79 Å². The van der Waals surface area contributed by atoms with Crippen LogP contribution < -0.4 is 11.1 Å². The Labute approximate surface area is 95.4 Å². The lowest BCUT2D eigenvalue weighted by Crippen LogP contribution is -2.48. The number of rotatable bonds is 4. The van der Waals surface area contributed by atoms with Crippen molar-refractivity contribution in [2.24, 2.45) is 17.6 Å². The molecule has 3 atom stereocenters. The molecular weight excluding hydrogens is 208 g/mol. The predicted molar refractivity (Wildman–Crippen MR) is 59.7 cm³/mol. The van der Waals surface area contributed by atoms with E-state index in [0.717, 1.165) is 19.3 Å². The van der Waals surface area contributed by atoms with Crippen LogP contribution in [0.15, 0.2) is 0 Å². The summed E-state index contributed by atoms with van der Waals surface area (Å²) < 4.78 is 0. The number of hydrogen-bond donors (Lipinski definition) is 3. The van der Waals surface area contributed by atoms with Gasteiger partial charge < -0.3 is 16.2 Å². The van der Waals surface area contributed by atoms with Crippen molar-refractivity contribution in [3.8, 4) is 0 Å². The molecule has 0 aliphatic heterocycles. The van der Waals surface area contributed by atoms with Crippen molar-refractivity contribution in [1.29, 1.82) is 0 Å². The number of nitrogens with one attached hydrogen (secondary N) is 1. The van der Waals surface area contributed by atoms with Gasteiger partial charge in [0.1, 0.15) is 6.04 Å². The molecule has 0 heterocycles. The molecule has 1 saturated carbocycles. The molecule has 1 fully saturated rings. The number of amides is 1. The first-order valence-electron chi connectivity index (χ1n) is 5.72. The van der Waals surface area contributed by atoms with Crippen LogP contribution in [0.2, 0.25) is 0 Å². The molecule has 2 unspecified atom stereocenters. The van der Waals surface area contributed by atoms with Crippen molar-refractivity contribution >= 4 is 11.9 Å². The first-order chi connectivity index (χ1) is 7.43. The average molecular weight is 228 g/mol. The third-order valence-corrected chi connectivity index (χ3v) is 3.14. The van der Waals surface area contributed by atoms with Gasteiger partial charge in [0.25, 0.3) is 0 Å². The summed E-state index contributed by atoms with van der Waals surface area (Å²) in [6, 6.07) is -0.943. The van der Waals surface area contributed by atoms with Crippen molar-refractivity contribution in [3.05, 3.63) is 0 Å². The van der Waals surface area contributed by atoms with E-state index in [1.165, 1.54) is 0 Å². The number of carboxylic acid groups (broad SMARTS) is 1. The fraction of sp³-hybridized carbons (Fsp3) is 0.818. The highest BCUT2D eigenvalue weighted by Crippen LogP contribution is 2.24. The molecule has 1 amide bonds. The maximum Gasteiger partial charge on any atom is 0.326 e. The summed E-state index contributed by atoms with van der Waals surface area (Å²) in [7, 11) is 0. The summed E-state index contributed by atoms with van der Waals surface area (Å²) in [5.41, 5.74) is 5.80. The summed E-state index contributed by atoms with van der Waals surface area (Å²) in [5, 5.41) is 11.5. The van der Waals surface area contributed by atoms with Crippen molar-refractivity contribution in [1.82, 2.24) is 5.32 Å². The summed E-state index contributed by atoms with van der Waals surface area (Å²) in [6.07, 6.45) is 2.55. The predicted octanol–water partition coefficient (Wildman–Crippen LogP) is 0.339. The van der Waals surface area contributed by atoms with Gasteiger partial charge in [0.2, 0.25) is 5.91 Å². The molecule has 5 heteroatoms. The fourth-order valence-corrected chi connectivity index (χ4v) is 2.09. The van der Waals surface area contributed by atoms with Crippen molar-refractivity contribution < 1.29 is 14.7 Å². The molecule has 5 nitrogen and oxygen atoms in total. The Morgan fingerprint density at radius 3 is 2.38 bits per heavy atom. The summed E-state index contributed by atoms with van der Waals surface area (Å²) >= 11 is 0.